The van der Waals surface area contributed by atoms with Crippen LogP contribution in [0.15, 0.2) is 11.6 Å². The molecule has 0 aliphatic heterocycles. The summed E-state index contributed by atoms with van der Waals surface area (Å²) in [5.41, 5.74) is 2.03. The van der Waals surface area contributed by atoms with Crippen molar-refractivity contribution in [2.45, 2.75) is 33.1 Å². The molecule has 1 saturated carbocycles. The molecule has 2 atom stereocenters. The van der Waals surface area contributed by atoms with E-state index < -0.39 is 0 Å². The normalized spacial score (nSPS) is 37.1. The molecule has 0 spiro atoms. The van der Waals surface area contributed by atoms with Crippen LogP contribution in [0.2, 0.25) is 0 Å². The van der Waals surface area contributed by atoms with Gasteiger partial charge in [-0.25, -0.2) is 0 Å². The summed E-state index contributed by atoms with van der Waals surface area (Å²) < 4.78 is 0. The largest absolute Gasteiger partial charge is 0.396 e. The minimum absolute atomic E-state index is 0.325. The topological polar surface area (TPSA) is 20.2 Å². The van der Waals surface area contributed by atoms with Gasteiger partial charge < -0.3 is 5.11 Å². The molecule has 2 aliphatic carbocycles. The summed E-state index contributed by atoms with van der Waals surface area (Å²) in [5.74, 6) is 1.60. The zero-order valence-electron chi connectivity index (χ0n) is 8.01. The zero-order valence-corrected chi connectivity index (χ0v) is 8.01. The monoisotopic (exact) mass is 166 g/mol. The van der Waals surface area contributed by atoms with Gasteiger partial charge in [0.25, 0.3) is 0 Å². The highest BCUT2D eigenvalue weighted by atomic mass is 16.2. The highest BCUT2D eigenvalue weighted by Gasteiger charge is 2.45. The Morgan fingerprint density at radius 2 is 2.33 bits per heavy atom. The summed E-state index contributed by atoms with van der Waals surface area (Å²) in [5, 5.41) is 8.88. The van der Waals surface area contributed by atoms with Gasteiger partial charge in [0.15, 0.2) is 0 Å². The lowest BCUT2D eigenvalue weighted by atomic mass is 9.75. The molecule has 0 aromatic rings. The van der Waals surface area contributed by atoms with Crippen LogP contribution in [-0.2, 0) is 0 Å². The van der Waals surface area contributed by atoms with Gasteiger partial charge in [0.2, 0.25) is 0 Å². The Bertz CT molecular complexity index is 215. The Morgan fingerprint density at radius 3 is 2.83 bits per heavy atom. The van der Waals surface area contributed by atoms with Crippen LogP contribution in [0.1, 0.15) is 33.1 Å². The molecule has 1 nitrogen and oxygen atoms in total. The van der Waals surface area contributed by atoms with Crippen molar-refractivity contribution in [3.8, 4) is 0 Å². The van der Waals surface area contributed by atoms with E-state index >= 15 is 0 Å². The maximum atomic E-state index is 8.88. The van der Waals surface area contributed by atoms with E-state index in [1.807, 2.05) is 0 Å². The third-order valence-electron chi connectivity index (χ3n) is 3.57. The molecule has 0 aromatic heterocycles. The summed E-state index contributed by atoms with van der Waals surface area (Å²) in [7, 11) is 0. The maximum absolute atomic E-state index is 8.88. The number of fused-ring (bicyclic) bond motifs is 2. The molecule has 2 rings (SSSR count). The molecule has 0 amide bonds. The van der Waals surface area contributed by atoms with Crippen LogP contribution in [0.5, 0.6) is 0 Å². The van der Waals surface area contributed by atoms with Gasteiger partial charge in [0, 0.05) is 6.61 Å². The predicted molar refractivity (Wildman–Crippen MR) is 49.8 cm³/mol. The summed E-state index contributed by atoms with van der Waals surface area (Å²) >= 11 is 0. The molecule has 1 heteroatoms. The highest BCUT2D eigenvalue weighted by molar-refractivity contribution is 5.23. The number of allylic oxidation sites excluding steroid dienone is 1. The van der Waals surface area contributed by atoms with Crippen LogP contribution in [0.25, 0.3) is 0 Å². The summed E-state index contributed by atoms with van der Waals surface area (Å²) in [4.78, 5) is 0. The Kier molecular flexibility index (Phi) is 1.80. The standard InChI is InChI=1S/C11H18O/c1-11(2)7-8-5-9(3-4-12)10(11)6-8/h5,8,10,12H,3-4,6-7H2,1-2H3. The Hall–Kier alpha value is -0.300. The van der Waals surface area contributed by atoms with Crippen LogP contribution >= 0.6 is 0 Å². The molecule has 1 fully saturated rings. The molecular weight excluding hydrogens is 148 g/mol. The van der Waals surface area contributed by atoms with Gasteiger partial charge in [0.1, 0.15) is 0 Å². The van der Waals surface area contributed by atoms with Crippen LogP contribution in [0.3, 0.4) is 0 Å². The van der Waals surface area contributed by atoms with E-state index in [1.54, 1.807) is 0 Å². The van der Waals surface area contributed by atoms with Crippen molar-refractivity contribution in [2.24, 2.45) is 17.3 Å². The van der Waals surface area contributed by atoms with E-state index in [0.29, 0.717) is 12.0 Å². The molecule has 0 saturated heterocycles. The second kappa shape index (κ2) is 2.59. The van der Waals surface area contributed by atoms with Gasteiger partial charge in [0.05, 0.1) is 0 Å². The van der Waals surface area contributed by atoms with Crippen molar-refractivity contribution in [1.82, 2.24) is 0 Å². The predicted octanol–water partition coefficient (Wildman–Crippen LogP) is 2.36. The van der Waals surface area contributed by atoms with Crippen molar-refractivity contribution >= 4 is 0 Å². The fourth-order valence-electron chi connectivity index (χ4n) is 3.11. The smallest absolute Gasteiger partial charge is 0.0468 e. The van der Waals surface area contributed by atoms with Crippen molar-refractivity contribution in [1.29, 1.82) is 0 Å². The molecule has 2 aliphatic rings. The van der Waals surface area contributed by atoms with Crippen molar-refractivity contribution in [3.63, 3.8) is 0 Å². The first-order chi connectivity index (χ1) is 5.63. The third-order valence-corrected chi connectivity index (χ3v) is 3.57. The number of aliphatic hydroxyl groups is 1. The Labute approximate surface area is 74.5 Å². The molecule has 1 N–H and O–H groups in total. The second-order valence-corrected chi connectivity index (χ2v) is 4.96. The van der Waals surface area contributed by atoms with E-state index in [9.17, 15) is 0 Å². The quantitative estimate of drug-likeness (QED) is 0.624. The lowest BCUT2D eigenvalue weighted by molar-refractivity contribution is 0.255. The van der Waals surface area contributed by atoms with E-state index in [4.69, 9.17) is 5.11 Å². The van der Waals surface area contributed by atoms with Gasteiger partial charge in [-0.2, -0.15) is 0 Å². The van der Waals surface area contributed by atoms with Crippen LogP contribution in [0.4, 0.5) is 0 Å². The van der Waals surface area contributed by atoms with Gasteiger partial charge in [-0.1, -0.05) is 25.5 Å². The zero-order chi connectivity index (χ0) is 8.77. The summed E-state index contributed by atoms with van der Waals surface area (Å²) in [6.07, 6.45) is 6.02. The molecular formula is C11H18O. The van der Waals surface area contributed by atoms with Crippen molar-refractivity contribution in [2.75, 3.05) is 6.61 Å². The summed E-state index contributed by atoms with van der Waals surface area (Å²) in [6.45, 7) is 5.05. The Balaban J connectivity index is 2.15. The molecule has 0 aromatic carbocycles. The van der Waals surface area contributed by atoms with E-state index in [1.165, 1.54) is 18.4 Å². The molecule has 12 heavy (non-hydrogen) atoms. The number of hydrogen-bond donors (Lipinski definition) is 1. The molecule has 68 valence electrons. The Morgan fingerprint density at radius 1 is 1.58 bits per heavy atom. The second-order valence-electron chi connectivity index (χ2n) is 4.96. The minimum atomic E-state index is 0.325. The fourth-order valence-corrected chi connectivity index (χ4v) is 3.11. The number of hydrogen-bond acceptors (Lipinski definition) is 1. The molecule has 2 bridgehead atoms. The van der Waals surface area contributed by atoms with Crippen molar-refractivity contribution in [3.05, 3.63) is 11.6 Å². The molecule has 2 unspecified atom stereocenters. The minimum Gasteiger partial charge on any atom is -0.396 e. The van der Waals surface area contributed by atoms with Crippen molar-refractivity contribution < 1.29 is 5.11 Å². The highest BCUT2D eigenvalue weighted by Crippen LogP contribution is 2.55. The molecule has 0 radical (unpaired) electrons. The van der Waals surface area contributed by atoms with Gasteiger partial charge in [-0.05, 0) is 36.5 Å². The van der Waals surface area contributed by atoms with E-state index in [0.717, 1.165) is 18.3 Å². The number of rotatable bonds is 2. The lowest BCUT2D eigenvalue weighted by Gasteiger charge is -2.30. The molecule has 0 heterocycles. The average Bonchev–Trinajstić information content (AvgIpc) is 2.42. The maximum Gasteiger partial charge on any atom is 0.0468 e. The number of aliphatic hydroxyl groups excluding tert-OH is 1. The first-order valence-electron chi connectivity index (χ1n) is 4.95. The fraction of sp³-hybridized carbons (Fsp3) is 0.818. The van der Waals surface area contributed by atoms with E-state index in [2.05, 4.69) is 19.9 Å². The first kappa shape index (κ1) is 8.31. The average molecular weight is 166 g/mol. The lowest BCUT2D eigenvalue weighted by Crippen LogP contribution is -2.21. The SMILES string of the molecule is CC1(C)CC2C=C(CCO)C1C2. The van der Waals surface area contributed by atoms with Crippen LogP contribution < -0.4 is 0 Å². The van der Waals surface area contributed by atoms with Gasteiger partial charge in [-0.15, -0.1) is 0 Å². The van der Waals surface area contributed by atoms with Crippen LogP contribution in [-0.4, -0.2) is 11.7 Å². The van der Waals surface area contributed by atoms with Gasteiger partial charge >= 0.3 is 0 Å². The summed E-state index contributed by atoms with van der Waals surface area (Å²) in [6, 6.07) is 0. The van der Waals surface area contributed by atoms with Gasteiger partial charge in [-0.3, -0.25) is 0 Å². The first-order valence-corrected chi connectivity index (χ1v) is 4.95. The van der Waals surface area contributed by atoms with Crippen LogP contribution in [0, 0.1) is 17.3 Å². The third kappa shape index (κ3) is 1.11. The van der Waals surface area contributed by atoms with E-state index in [-0.39, 0.29) is 0 Å².